The zero-order valence-corrected chi connectivity index (χ0v) is 12.3. The smallest absolute Gasteiger partial charge is 0.165 e. The summed E-state index contributed by atoms with van der Waals surface area (Å²) in [4.78, 5) is 4.13. The van der Waals surface area contributed by atoms with Gasteiger partial charge in [0.05, 0.1) is 13.2 Å². The van der Waals surface area contributed by atoms with Gasteiger partial charge in [-0.25, -0.2) is 4.39 Å². The maximum absolute atomic E-state index is 13.8. The van der Waals surface area contributed by atoms with Crippen LogP contribution in [0, 0.1) is 5.82 Å². The van der Waals surface area contributed by atoms with Crippen LogP contribution in [0.5, 0.6) is 5.75 Å². The van der Waals surface area contributed by atoms with Crippen LogP contribution in [-0.4, -0.2) is 12.1 Å². The highest BCUT2D eigenvalue weighted by atomic mass is 19.1. The summed E-state index contributed by atoms with van der Waals surface area (Å²) >= 11 is 0. The predicted molar refractivity (Wildman–Crippen MR) is 80.3 cm³/mol. The fraction of sp³-hybridized carbons (Fsp3) is 0.312. The van der Waals surface area contributed by atoms with Gasteiger partial charge in [-0.1, -0.05) is 13.0 Å². The number of hydrogen-bond acceptors (Lipinski definition) is 4. The molecule has 2 rings (SSSR count). The molecule has 3 N–H and O–H groups in total. The lowest BCUT2D eigenvalue weighted by molar-refractivity contribution is 0.386. The van der Waals surface area contributed by atoms with Crippen molar-refractivity contribution in [3.8, 4) is 5.75 Å². The summed E-state index contributed by atoms with van der Waals surface area (Å²) in [5.74, 6) is 5.56. The molecule has 0 aliphatic rings. The van der Waals surface area contributed by atoms with Crippen molar-refractivity contribution in [2.24, 2.45) is 5.84 Å². The predicted octanol–water partition coefficient (Wildman–Crippen LogP) is 2.54. The van der Waals surface area contributed by atoms with Crippen molar-refractivity contribution >= 4 is 0 Å². The number of nitrogens with two attached hydrogens (primary N) is 1. The van der Waals surface area contributed by atoms with Crippen molar-refractivity contribution in [2.45, 2.75) is 25.8 Å². The minimum atomic E-state index is -0.365. The first-order chi connectivity index (χ1) is 10.2. The second kappa shape index (κ2) is 7.15. The summed E-state index contributed by atoms with van der Waals surface area (Å²) in [5.41, 5.74) is 5.89. The second-order valence-electron chi connectivity index (χ2n) is 4.82. The summed E-state index contributed by atoms with van der Waals surface area (Å²) in [6.45, 7) is 2.07. The highest BCUT2D eigenvalue weighted by Crippen LogP contribution is 2.24. The van der Waals surface area contributed by atoms with Crippen molar-refractivity contribution in [1.29, 1.82) is 0 Å². The van der Waals surface area contributed by atoms with E-state index in [-0.39, 0.29) is 17.6 Å². The van der Waals surface area contributed by atoms with E-state index >= 15 is 0 Å². The molecular formula is C16H20FN3O. The largest absolute Gasteiger partial charge is 0.494 e. The maximum atomic E-state index is 13.8. The van der Waals surface area contributed by atoms with E-state index in [0.717, 1.165) is 23.1 Å². The van der Waals surface area contributed by atoms with E-state index in [1.165, 1.54) is 13.2 Å². The summed E-state index contributed by atoms with van der Waals surface area (Å²) in [6.07, 6.45) is 5.05. The van der Waals surface area contributed by atoms with E-state index in [1.807, 2.05) is 18.3 Å². The number of hydrogen-bond donors (Lipinski definition) is 2. The second-order valence-corrected chi connectivity index (χ2v) is 4.82. The van der Waals surface area contributed by atoms with Crippen LogP contribution in [0.2, 0.25) is 0 Å². The fourth-order valence-electron chi connectivity index (χ4n) is 2.40. The van der Waals surface area contributed by atoms with Gasteiger partial charge in [0.2, 0.25) is 0 Å². The van der Waals surface area contributed by atoms with Gasteiger partial charge in [0.15, 0.2) is 11.6 Å². The van der Waals surface area contributed by atoms with E-state index in [4.69, 9.17) is 10.6 Å². The summed E-state index contributed by atoms with van der Waals surface area (Å²) < 4.78 is 18.7. The molecule has 2 aromatic rings. The lowest BCUT2D eigenvalue weighted by Gasteiger charge is -2.19. The van der Waals surface area contributed by atoms with E-state index in [1.54, 1.807) is 12.3 Å². The molecule has 0 bridgehead atoms. The fourth-order valence-corrected chi connectivity index (χ4v) is 2.40. The highest BCUT2D eigenvalue weighted by Gasteiger charge is 2.15. The number of halogens is 1. The van der Waals surface area contributed by atoms with Gasteiger partial charge in [-0.15, -0.1) is 0 Å². The zero-order chi connectivity index (χ0) is 15.2. The maximum Gasteiger partial charge on any atom is 0.165 e. The molecule has 1 unspecified atom stereocenters. The number of nitrogens with one attached hydrogen (secondary N) is 1. The minimum Gasteiger partial charge on any atom is -0.494 e. The Labute approximate surface area is 124 Å². The molecule has 0 saturated heterocycles. The molecule has 1 heterocycles. The number of aromatic nitrogens is 1. The third-order valence-electron chi connectivity index (χ3n) is 3.55. The van der Waals surface area contributed by atoms with Gasteiger partial charge in [-0.3, -0.25) is 16.3 Å². The molecule has 1 aromatic carbocycles. The third-order valence-corrected chi connectivity index (χ3v) is 3.55. The van der Waals surface area contributed by atoms with Crippen molar-refractivity contribution in [3.63, 3.8) is 0 Å². The van der Waals surface area contributed by atoms with Crippen LogP contribution < -0.4 is 16.0 Å². The molecule has 0 fully saturated rings. The molecule has 112 valence electrons. The third kappa shape index (κ3) is 3.56. The molecule has 0 aliphatic heterocycles. The lowest BCUT2D eigenvalue weighted by atomic mass is 9.95. The molecule has 4 nitrogen and oxygen atoms in total. The Bertz CT molecular complexity index is 604. The van der Waals surface area contributed by atoms with Gasteiger partial charge in [0, 0.05) is 12.4 Å². The highest BCUT2D eigenvalue weighted by molar-refractivity contribution is 5.32. The van der Waals surface area contributed by atoms with E-state index in [2.05, 4.69) is 17.3 Å². The van der Waals surface area contributed by atoms with Gasteiger partial charge < -0.3 is 4.74 Å². The molecule has 21 heavy (non-hydrogen) atoms. The normalized spacial score (nSPS) is 12.2. The molecule has 0 spiro atoms. The van der Waals surface area contributed by atoms with Gasteiger partial charge >= 0.3 is 0 Å². The number of ether oxygens (including phenoxy) is 1. The van der Waals surface area contributed by atoms with Crippen LogP contribution in [0.4, 0.5) is 4.39 Å². The van der Waals surface area contributed by atoms with Crippen LogP contribution in [0.1, 0.15) is 29.7 Å². The van der Waals surface area contributed by atoms with E-state index in [9.17, 15) is 4.39 Å². The number of nitrogens with zero attached hydrogens (tertiary/aromatic N) is 1. The number of benzene rings is 1. The van der Waals surface area contributed by atoms with Gasteiger partial charge in [0.25, 0.3) is 0 Å². The topological polar surface area (TPSA) is 60.2 Å². The molecule has 1 atom stereocenters. The summed E-state index contributed by atoms with van der Waals surface area (Å²) in [7, 11) is 1.45. The summed E-state index contributed by atoms with van der Waals surface area (Å²) in [6, 6.07) is 6.82. The van der Waals surface area contributed by atoms with Gasteiger partial charge in [-0.05, 0) is 47.7 Å². The Morgan fingerprint density at radius 3 is 2.81 bits per heavy atom. The Kier molecular flexibility index (Phi) is 5.25. The van der Waals surface area contributed by atoms with E-state index < -0.39 is 0 Å². The van der Waals surface area contributed by atoms with Crippen molar-refractivity contribution in [3.05, 3.63) is 59.2 Å². The first-order valence-electron chi connectivity index (χ1n) is 6.90. The van der Waals surface area contributed by atoms with Crippen LogP contribution in [0.15, 0.2) is 36.7 Å². The SMILES string of the molecule is CCc1cnccc1C(Cc1ccc(OC)c(F)c1)NN. The quantitative estimate of drug-likeness (QED) is 0.634. The molecular weight excluding hydrogens is 269 g/mol. The first kappa shape index (κ1) is 15.4. The summed E-state index contributed by atoms with van der Waals surface area (Å²) in [5, 5.41) is 0. The number of methoxy groups -OCH3 is 1. The monoisotopic (exact) mass is 289 g/mol. The Morgan fingerprint density at radius 2 is 2.19 bits per heavy atom. The standard InChI is InChI=1S/C16H20FN3O/c1-3-12-10-19-7-6-13(12)15(20-18)9-11-4-5-16(21-2)14(17)8-11/h4-8,10,15,20H,3,9,18H2,1-2H3. The molecule has 0 saturated carbocycles. The number of rotatable bonds is 6. The number of hydrazine groups is 1. The minimum absolute atomic E-state index is 0.0873. The van der Waals surface area contributed by atoms with Gasteiger partial charge in [0.1, 0.15) is 0 Å². The molecule has 1 aromatic heterocycles. The van der Waals surface area contributed by atoms with Crippen LogP contribution >= 0.6 is 0 Å². The van der Waals surface area contributed by atoms with Crippen LogP contribution in [0.25, 0.3) is 0 Å². The molecule has 0 amide bonds. The number of pyridine rings is 1. The Hall–Kier alpha value is -1.98. The van der Waals surface area contributed by atoms with Crippen molar-refractivity contribution < 1.29 is 9.13 Å². The van der Waals surface area contributed by atoms with Crippen LogP contribution in [-0.2, 0) is 12.8 Å². The Balaban J connectivity index is 2.25. The average Bonchev–Trinajstić information content (AvgIpc) is 2.52. The zero-order valence-electron chi connectivity index (χ0n) is 12.3. The lowest BCUT2D eigenvalue weighted by Crippen LogP contribution is -2.30. The molecule has 0 aliphatic carbocycles. The van der Waals surface area contributed by atoms with Crippen molar-refractivity contribution in [2.75, 3.05) is 7.11 Å². The average molecular weight is 289 g/mol. The van der Waals surface area contributed by atoms with Crippen LogP contribution in [0.3, 0.4) is 0 Å². The first-order valence-corrected chi connectivity index (χ1v) is 6.90. The molecule has 5 heteroatoms. The number of aryl methyl sites for hydroxylation is 1. The van der Waals surface area contributed by atoms with E-state index in [0.29, 0.717) is 6.42 Å². The van der Waals surface area contributed by atoms with Gasteiger partial charge in [-0.2, -0.15) is 0 Å². The Morgan fingerprint density at radius 1 is 1.38 bits per heavy atom. The van der Waals surface area contributed by atoms with Crippen molar-refractivity contribution in [1.82, 2.24) is 10.4 Å². The molecule has 0 radical (unpaired) electrons.